The van der Waals surface area contributed by atoms with Crippen LogP contribution in [-0.4, -0.2) is 49.9 Å². The third-order valence-corrected chi connectivity index (χ3v) is 29.9. The molecule has 0 bridgehead atoms. The lowest BCUT2D eigenvalue weighted by atomic mass is 10.0. The molecular weight excluding hydrogens is 617 g/mol. The minimum Gasteiger partial charge on any atom is -0.485 e. The minimum absolute atomic E-state index is 0.215. The van der Waals surface area contributed by atoms with Crippen molar-refractivity contribution in [3.05, 3.63) is 42.0 Å². The second-order valence-electron chi connectivity index (χ2n) is 17.0. The third-order valence-electron chi connectivity index (χ3n) is 11.6. The molecule has 3 atom stereocenters. The largest absolute Gasteiger partial charge is 0.485 e. The molecule has 46 heavy (non-hydrogen) atoms. The zero-order valence-electron chi connectivity index (χ0n) is 33.2. The van der Waals surface area contributed by atoms with Crippen LogP contribution in [-0.2, 0) is 18.0 Å². The quantitative estimate of drug-likeness (QED) is 0.152. The molecule has 2 rings (SSSR count). The monoisotopic (exact) mass is 690 g/mol. The predicted octanol–water partition coefficient (Wildman–Crippen LogP) is 12.7. The first kappa shape index (κ1) is 41.5. The Morgan fingerprint density at radius 1 is 0.522 bits per heavy atom. The van der Waals surface area contributed by atoms with Crippen molar-refractivity contribution in [3.8, 4) is 0 Å². The van der Waals surface area contributed by atoms with Gasteiger partial charge in [-0.15, -0.1) is 0 Å². The van der Waals surface area contributed by atoms with Crippen LogP contribution in [0.5, 0.6) is 0 Å². The summed E-state index contributed by atoms with van der Waals surface area (Å²) in [5.74, 6) is 0.898. The number of ether oxygens (including phenoxy) is 1. The van der Waals surface area contributed by atoms with Crippen LogP contribution in [0, 0.1) is 0 Å². The Labute approximate surface area is 289 Å². The fourth-order valence-corrected chi connectivity index (χ4v) is 26.4. The SMILES string of the molecule is CC(C)[Si](OC[C@H]1OC(c2ccccc2)=C[C@@H](O[Si](C(C)C)(C(C)C)C(C)C)[C@@H]1O[Si](C(C)C)(C(C)C)C(C)C)(C(C)C)C(C)C. The summed E-state index contributed by atoms with van der Waals surface area (Å²) < 4.78 is 30.0. The molecule has 0 amide bonds. The van der Waals surface area contributed by atoms with Crippen LogP contribution < -0.4 is 0 Å². The Hall–Kier alpha value is -0.709. The lowest BCUT2D eigenvalue weighted by Gasteiger charge is -2.52. The Bertz CT molecular complexity index is 1010. The summed E-state index contributed by atoms with van der Waals surface area (Å²) in [6.45, 7) is 43.3. The van der Waals surface area contributed by atoms with Gasteiger partial charge in [0, 0.05) is 5.56 Å². The maximum Gasteiger partial charge on any atom is 0.201 e. The molecule has 1 aromatic carbocycles. The van der Waals surface area contributed by atoms with Crippen LogP contribution in [0.25, 0.3) is 5.76 Å². The Balaban J connectivity index is 2.90. The molecule has 1 aromatic rings. The van der Waals surface area contributed by atoms with E-state index in [-0.39, 0.29) is 18.3 Å². The van der Waals surface area contributed by atoms with Crippen molar-refractivity contribution in [2.75, 3.05) is 6.61 Å². The van der Waals surface area contributed by atoms with Crippen molar-refractivity contribution in [1.82, 2.24) is 0 Å². The average molecular weight is 691 g/mol. The van der Waals surface area contributed by atoms with Gasteiger partial charge in [-0.25, -0.2) is 0 Å². The molecule has 266 valence electrons. The van der Waals surface area contributed by atoms with Crippen LogP contribution in [0.3, 0.4) is 0 Å². The first-order valence-electron chi connectivity index (χ1n) is 18.7. The standard InChI is InChI=1S/C39H74O4Si3/c1-26(2)44(27(3)4,28(5)6)40-25-38-39(43-46(32(13)14,33(15)16)34(17)18)37(24-36(41-38)35-22-20-19-21-23-35)42-45(29(7)8,30(9)10)31(11)12/h19-24,26-34,37-39H,25H2,1-18H3/t37-,38-,39+/m1/s1. The van der Waals surface area contributed by atoms with Crippen molar-refractivity contribution in [1.29, 1.82) is 0 Å². The van der Waals surface area contributed by atoms with E-state index in [1.54, 1.807) is 0 Å². The number of benzene rings is 1. The lowest BCUT2D eigenvalue weighted by molar-refractivity contribution is -0.0620. The number of hydrogen-bond acceptors (Lipinski definition) is 4. The van der Waals surface area contributed by atoms with Gasteiger partial charge in [0.25, 0.3) is 0 Å². The molecule has 1 aliphatic heterocycles. The Kier molecular flexibility index (Phi) is 15.1. The summed E-state index contributed by atoms with van der Waals surface area (Å²) in [5, 5.41) is 0. The van der Waals surface area contributed by atoms with E-state index in [1.165, 1.54) is 0 Å². The fourth-order valence-electron chi connectivity index (χ4n) is 9.88. The van der Waals surface area contributed by atoms with Gasteiger partial charge in [-0.2, -0.15) is 0 Å². The molecule has 1 heterocycles. The molecule has 0 unspecified atom stereocenters. The average Bonchev–Trinajstić information content (AvgIpc) is 2.94. The molecule has 7 heteroatoms. The predicted molar refractivity (Wildman–Crippen MR) is 208 cm³/mol. The van der Waals surface area contributed by atoms with Crippen LogP contribution in [0.1, 0.15) is 130 Å². The Morgan fingerprint density at radius 2 is 0.891 bits per heavy atom. The highest BCUT2D eigenvalue weighted by Gasteiger charge is 2.55. The van der Waals surface area contributed by atoms with Gasteiger partial charge >= 0.3 is 0 Å². The van der Waals surface area contributed by atoms with Crippen molar-refractivity contribution in [2.24, 2.45) is 0 Å². The van der Waals surface area contributed by atoms with Crippen LogP contribution in [0.2, 0.25) is 49.9 Å². The molecule has 0 N–H and O–H groups in total. The van der Waals surface area contributed by atoms with Crippen molar-refractivity contribution in [2.45, 2.75) is 193 Å². The van der Waals surface area contributed by atoms with Gasteiger partial charge in [-0.3, -0.25) is 0 Å². The molecule has 0 aliphatic carbocycles. The zero-order valence-corrected chi connectivity index (χ0v) is 36.2. The summed E-state index contributed by atoms with van der Waals surface area (Å²) in [6, 6.07) is 10.6. The highest BCUT2D eigenvalue weighted by molar-refractivity contribution is 6.78. The minimum atomic E-state index is -2.32. The molecular formula is C39H74O4Si3. The van der Waals surface area contributed by atoms with Gasteiger partial charge < -0.3 is 18.0 Å². The van der Waals surface area contributed by atoms with Crippen molar-refractivity contribution < 1.29 is 18.0 Å². The van der Waals surface area contributed by atoms with Crippen molar-refractivity contribution >= 4 is 30.7 Å². The van der Waals surface area contributed by atoms with Gasteiger partial charge in [-0.05, 0) is 55.9 Å². The topological polar surface area (TPSA) is 36.9 Å². The fraction of sp³-hybridized carbons (Fsp3) is 0.795. The van der Waals surface area contributed by atoms with E-state index in [9.17, 15) is 0 Å². The Morgan fingerprint density at radius 3 is 1.26 bits per heavy atom. The van der Waals surface area contributed by atoms with Gasteiger partial charge in [0.1, 0.15) is 18.0 Å². The van der Waals surface area contributed by atoms with Crippen LogP contribution >= 0.6 is 0 Å². The van der Waals surface area contributed by atoms with Crippen molar-refractivity contribution in [3.63, 3.8) is 0 Å². The molecule has 0 aromatic heterocycles. The van der Waals surface area contributed by atoms with E-state index < -0.39 is 25.0 Å². The molecule has 0 spiro atoms. The molecule has 0 fully saturated rings. The van der Waals surface area contributed by atoms with Crippen LogP contribution in [0.4, 0.5) is 0 Å². The normalized spacial score (nSPS) is 20.4. The summed E-state index contributed by atoms with van der Waals surface area (Å²) in [7, 11) is -6.76. The van der Waals surface area contributed by atoms with E-state index in [1.807, 2.05) is 0 Å². The first-order chi connectivity index (χ1) is 21.2. The molecule has 0 radical (unpaired) electrons. The molecule has 0 saturated carbocycles. The molecule has 1 aliphatic rings. The van der Waals surface area contributed by atoms with Gasteiger partial charge in [-0.1, -0.05) is 155 Å². The van der Waals surface area contributed by atoms with Gasteiger partial charge in [0.2, 0.25) is 25.0 Å². The number of rotatable bonds is 17. The van der Waals surface area contributed by atoms with Gasteiger partial charge in [0.05, 0.1) is 12.7 Å². The summed E-state index contributed by atoms with van der Waals surface area (Å²) in [5.41, 5.74) is 5.30. The third kappa shape index (κ3) is 8.18. The van der Waals surface area contributed by atoms with E-state index in [2.05, 4.69) is 161 Å². The maximum atomic E-state index is 7.81. The second-order valence-corrected chi connectivity index (χ2v) is 33.3. The lowest BCUT2D eigenvalue weighted by Crippen LogP contribution is -2.61. The van der Waals surface area contributed by atoms with E-state index in [0.717, 1.165) is 11.3 Å². The highest BCUT2D eigenvalue weighted by Crippen LogP contribution is 2.49. The summed E-state index contributed by atoms with van der Waals surface area (Å²) in [4.78, 5) is 0. The molecule has 0 saturated heterocycles. The summed E-state index contributed by atoms with van der Waals surface area (Å²) >= 11 is 0. The highest BCUT2D eigenvalue weighted by atomic mass is 28.4. The smallest absolute Gasteiger partial charge is 0.201 e. The van der Waals surface area contributed by atoms with E-state index in [4.69, 9.17) is 18.0 Å². The number of hydrogen-bond donors (Lipinski definition) is 0. The summed E-state index contributed by atoms with van der Waals surface area (Å²) in [6.07, 6.45) is 1.55. The van der Waals surface area contributed by atoms with E-state index in [0.29, 0.717) is 56.5 Å². The molecule has 4 nitrogen and oxygen atoms in total. The second kappa shape index (κ2) is 16.8. The maximum absolute atomic E-state index is 7.81. The van der Waals surface area contributed by atoms with Crippen LogP contribution in [0.15, 0.2) is 36.4 Å². The zero-order chi connectivity index (χ0) is 35.4. The van der Waals surface area contributed by atoms with Gasteiger partial charge in [0.15, 0.2) is 0 Å². The first-order valence-corrected chi connectivity index (χ1v) is 25.1. The van der Waals surface area contributed by atoms with E-state index >= 15 is 0 Å².